The zero-order valence-corrected chi connectivity index (χ0v) is 20.7. The van der Waals surface area contributed by atoms with Crippen LogP contribution in [0.3, 0.4) is 0 Å². The summed E-state index contributed by atoms with van der Waals surface area (Å²) in [5, 5.41) is 16.2. The maximum Gasteiger partial charge on any atom is 0.321 e. The number of ether oxygens (including phenoxy) is 2. The Labute approximate surface area is 211 Å². The number of nitrogens with zero attached hydrogens (tertiary/aromatic N) is 4. The standard InChI is InChI=1S/C24H28N6O5S/c1-33-20-4-2-3-16(27-20)19-10-25-24(35-19)30-14-9-17-21(18(30)12-34-11-14)36-23(28-17)29-22(32)26-13-5-7-15(31)8-6-13/h2-4,10,13-15,18,31H,5-9,11-12H2,1H3,(H2,26,28,29,32)/t13?,14-,15?,18-/m0/s1. The highest BCUT2D eigenvalue weighted by Gasteiger charge is 2.43. The highest BCUT2D eigenvalue weighted by atomic mass is 32.1. The van der Waals surface area contributed by atoms with E-state index in [1.165, 1.54) is 11.3 Å². The Balaban J connectivity index is 1.19. The Morgan fingerprint density at radius 3 is 2.92 bits per heavy atom. The minimum atomic E-state index is -0.262. The summed E-state index contributed by atoms with van der Waals surface area (Å²) in [6.45, 7) is 1.02. The summed E-state index contributed by atoms with van der Waals surface area (Å²) in [6.07, 6.45) is 5.08. The van der Waals surface area contributed by atoms with Gasteiger partial charge in [-0.25, -0.2) is 19.7 Å². The molecule has 2 aliphatic heterocycles. The van der Waals surface area contributed by atoms with Crippen LogP contribution in [-0.2, 0) is 11.2 Å². The van der Waals surface area contributed by atoms with Gasteiger partial charge in [0.05, 0.1) is 55.3 Å². The molecule has 0 spiro atoms. The van der Waals surface area contributed by atoms with Gasteiger partial charge in [-0.15, -0.1) is 0 Å². The zero-order chi connectivity index (χ0) is 24.6. The number of nitrogens with one attached hydrogen (secondary N) is 2. The van der Waals surface area contributed by atoms with Crippen molar-refractivity contribution in [2.45, 2.75) is 56.3 Å². The number of pyridine rings is 1. The monoisotopic (exact) mass is 512 g/mol. The van der Waals surface area contributed by atoms with E-state index in [1.807, 2.05) is 12.1 Å². The van der Waals surface area contributed by atoms with Crippen LogP contribution in [0.5, 0.6) is 5.88 Å². The second kappa shape index (κ2) is 9.68. The number of urea groups is 1. The molecule has 3 aromatic rings. The molecule has 12 heteroatoms. The van der Waals surface area contributed by atoms with E-state index in [2.05, 4.69) is 25.5 Å². The lowest BCUT2D eigenvalue weighted by Crippen LogP contribution is -2.51. The van der Waals surface area contributed by atoms with E-state index in [4.69, 9.17) is 18.9 Å². The third kappa shape index (κ3) is 4.51. The number of hydrogen-bond acceptors (Lipinski definition) is 10. The van der Waals surface area contributed by atoms with E-state index in [0.717, 1.165) is 23.4 Å². The number of carbonyl (C=O) groups excluding carboxylic acids is 1. The maximum absolute atomic E-state index is 12.6. The molecule has 2 atom stereocenters. The van der Waals surface area contributed by atoms with Crippen LogP contribution >= 0.6 is 11.3 Å². The van der Waals surface area contributed by atoms with Crippen molar-refractivity contribution in [2.24, 2.45) is 0 Å². The minimum absolute atomic E-state index is 0.0264. The summed E-state index contributed by atoms with van der Waals surface area (Å²) < 4.78 is 17.3. The van der Waals surface area contributed by atoms with Gasteiger partial charge in [0, 0.05) is 18.5 Å². The van der Waals surface area contributed by atoms with Crippen molar-refractivity contribution in [3.05, 3.63) is 35.0 Å². The fraction of sp³-hybridized carbons (Fsp3) is 0.500. The predicted molar refractivity (Wildman–Crippen MR) is 132 cm³/mol. The van der Waals surface area contributed by atoms with Crippen molar-refractivity contribution < 1.29 is 23.8 Å². The number of fused-ring (bicyclic) bond motifs is 4. The predicted octanol–water partition coefficient (Wildman–Crippen LogP) is 3.13. The third-order valence-corrected chi connectivity index (χ3v) is 8.04. The largest absolute Gasteiger partial charge is 0.481 e. The number of hydrogen-bond donors (Lipinski definition) is 3. The summed E-state index contributed by atoms with van der Waals surface area (Å²) in [5.41, 5.74) is 1.63. The molecule has 1 saturated carbocycles. The molecule has 6 rings (SSSR count). The van der Waals surface area contributed by atoms with Gasteiger partial charge in [0.1, 0.15) is 5.69 Å². The molecule has 2 amide bonds. The third-order valence-electron chi connectivity index (χ3n) is 6.93. The van der Waals surface area contributed by atoms with Crippen LogP contribution in [0.2, 0.25) is 0 Å². The lowest BCUT2D eigenvalue weighted by Gasteiger charge is -2.43. The van der Waals surface area contributed by atoms with Crippen LogP contribution in [0.1, 0.15) is 42.3 Å². The number of thiazole rings is 1. The topological polar surface area (TPSA) is 135 Å². The first kappa shape index (κ1) is 23.2. The van der Waals surface area contributed by atoms with Crippen LogP contribution in [0.15, 0.2) is 28.8 Å². The Morgan fingerprint density at radius 1 is 1.22 bits per heavy atom. The fourth-order valence-corrected chi connectivity index (χ4v) is 6.21. The number of morpholine rings is 1. The van der Waals surface area contributed by atoms with Gasteiger partial charge in [0.15, 0.2) is 10.9 Å². The Morgan fingerprint density at radius 2 is 2.08 bits per heavy atom. The average molecular weight is 513 g/mol. The summed E-state index contributed by atoms with van der Waals surface area (Å²) in [4.78, 5) is 29.5. The molecule has 36 heavy (non-hydrogen) atoms. The fourth-order valence-electron chi connectivity index (χ4n) is 5.13. The number of aliphatic hydroxyl groups excluding tert-OH is 1. The molecular weight excluding hydrogens is 484 g/mol. The van der Waals surface area contributed by atoms with Crippen molar-refractivity contribution >= 4 is 28.5 Å². The van der Waals surface area contributed by atoms with Crippen LogP contribution in [0.4, 0.5) is 15.9 Å². The van der Waals surface area contributed by atoms with Crippen molar-refractivity contribution in [1.82, 2.24) is 20.3 Å². The smallest absolute Gasteiger partial charge is 0.321 e. The number of rotatable bonds is 5. The second-order valence-corrected chi connectivity index (χ2v) is 10.4. The van der Waals surface area contributed by atoms with Crippen molar-refractivity contribution in [3.8, 4) is 17.3 Å². The van der Waals surface area contributed by atoms with E-state index >= 15 is 0 Å². The molecule has 2 bridgehead atoms. The van der Waals surface area contributed by atoms with Gasteiger partial charge in [-0.05, 0) is 31.7 Å². The first-order valence-corrected chi connectivity index (χ1v) is 13.0. The molecular formula is C24H28N6O5S. The van der Waals surface area contributed by atoms with Gasteiger partial charge >= 0.3 is 6.03 Å². The van der Waals surface area contributed by atoms with Crippen LogP contribution in [0, 0.1) is 0 Å². The number of anilines is 2. The number of methoxy groups -OCH3 is 1. The first-order chi connectivity index (χ1) is 17.6. The van der Waals surface area contributed by atoms with E-state index in [0.29, 0.717) is 61.0 Å². The van der Waals surface area contributed by atoms with E-state index in [9.17, 15) is 9.90 Å². The van der Waals surface area contributed by atoms with Gasteiger partial charge in [-0.1, -0.05) is 17.4 Å². The SMILES string of the molecule is COc1cccc(-c2cnc(N3[C@@H]4COC[C@H]3c3sc(NC(=O)NC5CCC(O)CC5)nc3C4)o2)n1. The zero-order valence-electron chi connectivity index (χ0n) is 19.8. The molecule has 0 radical (unpaired) electrons. The van der Waals surface area contributed by atoms with Crippen LogP contribution in [0.25, 0.3) is 11.5 Å². The highest BCUT2D eigenvalue weighted by molar-refractivity contribution is 7.16. The molecule has 3 N–H and O–H groups in total. The molecule has 3 aromatic heterocycles. The van der Waals surface area contributed by atoms with E-state index in [1.54, 1.807) is 19.4 Å². The molecule has 3 aliphatic rings. The molecule has 2 fully saturated rings. The van der Waals surface area contributed by atoms with E-state index in [-0.39, 0.29) is 30.3 Å². The van der Waals surface area contributed by atoms with Crippen LogP contribution in [-0.4, -0.2) is 64.6 Å². The lowest BCUT2D eigenvalue weighted by molar-refractivity contribution is 0.0578. The van der Waals surface area contributed by atoms with E-state index < -0.39 is 0 Å². The molecule has 0 unspecified atom stereocenters. The Kier molecular flexibility index (Phi) is 6.23. The van der Waals surface area contributed by atoms with Crippen molar-refractivity contribution in [1.29, 1.82) is 0 Å². The number of oxazole rings is 1. The van der Waals surface area contributed by atoms with Crippen LogP contribution < -0.4 is 20.3 Å². The summed E-state index contributed by atoms with van der Waals surface area (Å²) in [6, 6.07) is 5.74. The van der Waals surface area contributed by atoms with Crippen molar-refractivity contribution in [3.63, 3.8) is 0 Å². The van der Waals surface area contributed by atoms with Gasteiger partial charge in [0.2, 0.25) is 5.88 Å². The summed E-state index contributed by atoms with van der Waals surface area (Å²) >= 11 is 1.46. The van der Waals surface area contributed by atoms with Gasteiger partial charge < -0.3 is 29.2 Å². The molecule has 0 aromatic carbocycles. The Bertz CT molecular complexity index is 1240. The van der Waals surface area contributed by atoms with Gasteiger partial charge in [-0.3, -0.25) is 5.32 Å². The highest BCUT2D eigenvalue weighted by Crippen LogP contribution is 2.43. The Hall–Kier alpha value is -3.22. The number of aliphatic hydroxyl groups is 1. The quantitative estimate of drug-likeness (QED) is 0.471. The number of carbonyl (C=O) groups is 1. The molecule has 1 saturated heterocycles. The second-order valence-electron chi connectivity index (χ2n) is 9.32. The molecule has 11 nitrogen and oxygen atoms in total. The summed E-state index contributed by atoms with van der Waals surface area (Å²) in [7, 11) is 1.58. The number of amides is 2. The van der Waals surface area contributed by atoms with Gasteiger partial charge in [0.25, 0.3) is 6.01 Å². The molecule has 1 aliphatic carbocycles. The maximum atomic E-state index is 12.6. The first-order valence-electron chi connectivity index (χ1n) is 12.2. The molecule has 190 valence electrons. The number of aromatic nitrogens is 3. The summed E-state index contributed by atoms with van der Waals surface area (Å²) in [5.74, 6) is 1.07. The lowest BCUT2D eigenvalue weighted by atomic mass is 9.93. The minimum Gasteiger partial charge on any atom is -0.481 e. The van der Waals surface area contributed by atoms with Gasteiger partial charge in [-0.2, -0.15) is 0 Å². The normalized spacial score (nSPS) is 25.2. The molecule has 5 heterocycles. The average Bonchev–Trinajstić information content (AvgIpc) is 3.52. The van der Waals surface area contributed by atoms with Crippen molar-refractivity contribution in [2.75, 3.05) is 30.5 Å².